The lowest BCUT2D eigenvalue weighted by Gasteiger charge is -2.22. The van der Waals surface area contributed by atoms with E-state index >= 15 is 0 Å². The van der Waals surface area contributed by atoms with Gasteiger partial charge in [-0.3, -0.25) is 9.59 Å². The molecule has 0 atom stereocenters. The lowest BCUT2D eigenvalue weighted by Crippen LogP contribution is -2.53. The van der Waals surface area contributed by atoms with Crippen molar-refractivity contribution in [2.75, 3.05) is 6.61 Å². The molecule has 5 heteroatoms. The van der Waals surface area contributed by atoms with Crippen molar-refractivity contribution in [2.24, 2.45) is 0 Å². The van der Waals surface area contributed by atoms with E-state index in [0.29, 0.717) is 0 Å². The van der Waals surface area contributed by atoms with Crippen LogP contribution in [0, 0.1) is 0 Å². The zero-order valence-corrected chi connectivity index (χ0v) is 11.3. The Kier molecular flexibility index (Phi) is 7.29. The largest absolute Gasteiger partial charge is 0.478 e. The predicted molar refractivity (Wildman–Crippen MR) is 69.8 cm³/mol. The fraction of sp³-hybridized carbons (Fsp3) is 0.357. The molecule has 0 radical (unpaired) electrons. The summed E-state index contributed by atoms with van der Waals surface area (Å²) in [5.74, 6) is -3.18. The van der Waals surface area contributed by atoms with Crippen molar-refractivity contribution in [2.45, 2.75) is 26.4 Å². The highest BCUT2D eigenvalue weighted by molar-refractivity contribution is 6.24. The zero-order valence-electron chi connectivity index (χ0n) is 11.3. The normalized spacial score (nSPS) is 10.1. The zero-order chi connectivity index (χ0) is 14.9. The van der Waals surface area contributed by atoms with Crippen LogP contribution >= 0.6 is 0 Å². The monoisotopic (exact) mass is 266 g/mol. The van der Waals surface area contributed by atoms with Gasteiger partial charge in [-0.2, -0.15) is 0 Å². The van der Waals surface area contributed by atoms with Gasteiger partial charge in [0.1, 0.15) is 0 Å². The lowest BCUT2D eigenvalue weighted by molar-refractivity contribution is -0.174. The molecule has 0 aromatic heterocycles. The average Bonchev–Trinajstić information content (AvgIpc) is 2.37. The van der Waals surface area contributed by atoms with E-state index in [9.17, 15) is 14.4 Å². The Balaban J connectivity index is 0.000000443. The minimum absolute atomic E-state index is 0.00847. The minimum atomic E-state index is -2.31. The number of benzene rings is 1. The molecule has 5 nitrogen and oxygen atoms in total. The van der Waals surface area contributed by atoms with E-state index in [0.717, 1.165) is 13.8 Å². The van der Waals surface area contributed by atoms with Gasteiger partial charge in [0, 0.05) is 6.61 Å². The number of Topliss-reactive ketones (excluding diaryl/α,β-unsaturated/α-hetero) is 2. The number of carbonyl (C=O) groups is 3. The fourth-order valence-corrected chi connectivity index (χ4v) is 1.42. The first-order chi connectivity index (χ1) is 8.89. The van der Waals surface area contributed by atoms with Crippen molar-refractivity contribution >= 4 is 17.5 Å². The highest BCUT2D eigenvalue weighted by Crippen LogP contribution is 2.14. The van der Waals surface area contributed by atoms with Gasteiger partial charge in [0.25, 0.3) is 5.60 Å². The molecule has 1 N–H and O–H groups in total. The maximum atomic E-state index is 11.0. The summed E-state index contributed by atoms with van der Waals surface area (Å²) in [6.45, 7) is 3.55. The Morgan fingerprint density at radius 2 is 1.26 bits per heavy atom. The maximum Gasteiger partial charge on any atom is 0.351 e. The number of ketones is 2. The van der Waals surface area contributed by atoms with E-state index in [1.54, 1.807) is 0 Å². The molecule has 1 aromatic rings. The van der Waals surface area contributed by atoms with Gasteiger partial charge in [0.2, 0.25) is 0 Å². The summed E-state index contributed by atoms with van der Waals surface area (Å²) in [6, 6.07) is 12.0. The van der Waals surface area contributed by atoms with Crippen LogP contribution in [0.4, 0.5) is 0 Å². The number of hydrogen-bond donors (Lipinski definition) is 1. The molecule has 0 saturated carbocycles. The van der Waals surface area contributed by atoms with Gasteiger partial charge in [-0.05, 0) is 20.8 Å². The highest BCUT2D eigenvalue weighted by Gasteiger charge is 2.49. The fourth-order valence-electron chi connectivity index (χ4n) is 1.42. The van der Waals surface area contributed by atoms with E-state index in [2.05, 4.69) is 0 Å². The smallest absolute Gasteiger partial charge is 0.351 e. The van der Waals surface area contributed by atoms with Crippen LogP contribution in [0.3, 0.4) is 0 Å². The molecular formula is C14H18O5. The molecule has 0 bridgehead atoms. The lowest BCUT2D eigenvalue weighted by atomic mass is 9.95. The molecule has 0 spiro atoms. The summed E-state index contributed by atoms with van der Waals surface area (Å²) in [6.07, 6.45) is 0. The maximum absolute atomic E-state index is 11.0. The van der Waals surface area contributed by atoms with Gasteiger partial charge >= 0.3 is 5.97 Å². The second kappa shape index (κ2) is 8.16. The number of carboxylic acids is 1. The Morgan fingerprint density at radius 1 is 0.947 bits per heavy atom. The number of aliphatic carboxylic acids is 1. The van der Waals surface area contributed by atoms with Gasteiger partial charge in [-0.1, -0.05) is 36.4 Å². The van der Waals surface area contributed by atoms with E-state index in [-0.39, 0.29) is 6.61 Å². The molecule has 0 fully saturated rings. The van der Waals surface area contributed by atoms with Crippen molar-refractivity contribution in [3.63, 3.8) is 0 Å². The van der Waals surface area contributed by atoms with Crippen LogP contribution in [-0.4, -0.2) is 34.9 Å². The van der Waals surface area contributed by atoms with Crippen LogP contribution in [0.5, 0.6) is 0 Å². The van der Waals surface area contributed by atoms with Crippen LogP contribution in [0.25, 0.3) is 0 Å². The van der Waals surface area contributed by atoms with Gasteiger partial charge < -0.3 is 9.84 Å². The number of ether oxygens (including phenoxy) is 1. The first-order valence-corrected chi connectivity index (χ1v) is 5.79. The first-order valence-electron chi connectivity index (χ1n) is 5.79. The van der Waals surface area contributed by atoms with Crippen molar-refractivity contribution in [3.8, 4) is 0 Å². The summed E-state index contributed by atoms with van der Waals surface area (Å²) in [5.41, 5.74) is -2.31. The van der Waals surface area contributed by atoms with Gasteiger partial charge in [-0.15, -0.1) is 0 Å². The topological polar surface area (TPSA) is 80.7 Å². The number of carboxylic acid groups (broad SMARTS) is 1. The molecule has 0 aliphatic heterocycles. The molecule has 104 valence electrons. The molecule has 0 aliphatic carbocycles. The second-order valence-electron chi connectivity index (χ2n) is 3.69. The van der Waals surface area contributed by atoms with Crippen molar-refractivity contribution in [1.29, 1.82) is 0 Å². The predicted octanol–water partition coefficient (Wildman–Crippen LogP) is 1.71. The van der Waals surface area contributed by atoms with Gasteiger partial charge in [0.05, 0.1) is 0 Å². The molecule has 0 aliphatic rings. The average molecular weight is 266 g/mol. The molecular weight excluding hydrogens is 248 g/mol. The Hall–Kier alpha value is -2.01. The molecule has 0 amide bonds. The van der Waals surface area contributed by atoms with Crippen LogP contribution in [-0.2, 0) is 19.1 Å². The van der Waals surface area contributed by atoms with Crippen molar-refractivity contribution in [3.05, 3.63) is 36.4 Å². The third-order valence-corrected chi connectivity index (χ3v) is 2.32. The van der Waals surface area contributed by atoms with Crippen molar-refractivity contribution < 1.29 is 24.2 Å². The summed E-state index contributed by atoms with van der Waals surface area (Å²) in [5, 5.41) is 8.73. The SMILES string of the molecule is CCOC(C(C)=O)(C(C)=O)C(=O)O.c1ccccc1. The Labute approximate surface area is 112 Å². The third-order valence-electron chi connectivity index (χ3n) is 2.32. The molecule has 1 aromatic carbocycles. The van der Waals surface area contributed by atoms with Gasteiger partial charge in [0.15, 0.2) is 11.6 Å². The van der Waals surface area contributed by atoms with Crippen LogP contribution < -0.4 is 0 Å². The first kappa shape index (κ1) is 17.0. The molecule has 19 heavy (non-hydrogen) atoms. The Morgan fingerprint density at radius 3 is 1.37 bits per heavy atom. The van der Waals surface area contributed by atoms with Crippen LogP contribution in [0.15, 0.2) is 36.4 Å². The van der Waals surface area contributed by atoms with E-state index < -0.39 is 23.1 Å². The van der Waals surface area contributed by atoms with E-state index in [1.807, 2.05) is 36.4 Å². The number of carbonyl (C=O) groups excluding carboxylic acids is 2. The molecule has 1 rings (SSSR count). The van der Waals surface area contributed by atoms with Crippen LogP contribution in [0.2, 0.25) is 0 Å². The van der Waals surface area contributed by atoms with E-state index in [4.69, 9.17) is 9.84 Å². The molecule has 0 unspecified atom stereocenters. The van der Waals surface area contributed by atoms with Gasteiger partial charge in [-0.25, -0.2) is 4.79 Å². The second-order valence-corrected chi connectivity index (χ2v) is 3.69. The number of rotatable bonds is 5. The number of hydrogen-bond acceptors (Lipinski definition) is 4. The molecule has 0 heterocycles. The van der Waals surface area contributed by atoms with Crippen LogP contribution in [0.1, 0.15) is 20.8 Å². The summed E-state index contributed by atoms with van der Waals surface area (Å²) < 4.78 is 4.72. The summed E-state index contributed by atoms with van der Waals surface area (Å²) in [4.78, 5) is 32.8. The standard InChI is InChI=1S/C8H12O5.C6H6/c1-4-13-8(5(2)9,6(3)10)7(11)12;1-2-4-6-5-3-1/h4H2,1-3H3,(H,11,12);1-6H. The van der Waals surface area contributed by atoms with Crippen molar-refractivity contribution in [1.82, 2.24) is 0 Å². The summed E-state index contributed by atoms with van der Waals surface area (Å²) >= 11 is 0. The highest BCUT2D eigenvalue weighted by atomic mass is 16.5. The summed E-state index contributed by atoms with van der Waals surface area (Å²) in [7, 11) is 0. The molecule has 0 saturated heterocycles. The third kappa shape index (κ3) is 4.63. The quantitative estimate of drug-likeness (QED) is 0.820. The van der Waals surface area contributed by atoms with E-state index in [1.165, 1.54) is 6.92 Å². The minimum Gasteiger partial charge on any atom is -0.478 e. The Bertz CT molecular complexity index is 362.